The minimum Gasteiger partial charge on any atom is -1.00 e. The van der Waals surface area contributed by atoms with Gasteiger partial charge >= 0.3 is 5.76 Å². The highest BCUT2D eigenvalue weighted by molar-refractivity contribution is 7.89. The number of rotatable bonds is 2. The van der Waals surface area contributed by atoms with Crippen LogP contribution >= 0.6 is 0 Å². The molecule has 0 radical (unpaired) electrons. The minimum atomic E-state index is -3.51. The van der Waals surface area contributed by atoms with Gasteiger partial charge in [-0.1, -0.05) is 0 Å². The van der Waals surface area contributed by atoms with Crippen LogP contribution in [-0.4, -0.2) is 43.9 Å². The molecule has 3 rings (SSSR count). The molecule has 0 amide bonds. The highest BCUT2D eigenvalue weighted by Crippen LogP contribution is 2.20. The van der Waals surface area contributed by atoms with Gasteiger partial charge < -0.3 is 22.1 Å². The van der Waals surface area contributed by atoms with Crippen LogP contribution in [-0.2, 0) is 10.0 Å². The molecule has 0 spiro atoms. The first-order valence-corrected chi connectivity index (χ1v) is 7.46. The third-order valence-electron chi connectivity index (χ3n) is 3.20. The van der Waals surface area contributed by atoms with Crippen LogP contribution in [0.4, 0.5) is 0 Å². The Hall–Kier alpha value is -1.35. The van der Waals surface area contributed by atoms with Gasteiger partial charge in [0.1, 0.15) is 0 Å². The highest BCUT2D eigenvalue weighted by Gasteiger charge is 2.27. The van der Waals surface area contributed by atoms with Crippen molar-refractivity contribution in [1.82, 2.24) is 9.29 Å². The lowest BCUT2D eigenvalue weighted by Gasteiger charge is -2.24. The standard InChI is InChI=1S/C11H13N3O4S.ClH/c15-11-13-9-2-1-8(7-10(9)18-11)19(16,17)14-5-3-12-4-6-14;/h1-2,7,12H,3-6H2,(H,13,15);1H. The van der Waals surface area contributed by atoms with Gasteiger partial charge in [0.15, 0.2) is 5.58 Å². The summed E-state index contributed by atoms with van der Waals surface area (Å²) in [6.45, 7) is 2.52. The molecule has 0 aliphatic carbocycles. The molecule has 1 aromatic carbocycles. The maximum Gasteiger partial charge on any atom is 0.417 e. The number of nitrogens with one attached hydrogen (secondary N) is 1. The van der Waals surface area contributed by atoms with E-state index in [1.807, 2.05) is 0 Å². The van der Waals surface area contributed by atoms with Crippen LogP contribution < -0.4 is 23.5 Å². The van der Waals surface area contributed by atoms with Gasteiger partial charge in [0.25, 0.3) is 0 Å². The van der Waals surface area contributed by atoms with Crippen molar-refractivity contribution >= 4 is 21.1 Å². The van der Waals surface area contributed by atoms with Gasteiger partial charge in [-0.2, -0.15) is 4.31 Å². The minimum absolute atomic E-state index is 0. The number of hydrogen-bond donors (Lipinski definition) is 2. The average molecular weight is 320 g/mol. The van der Waals surface area contributed by atoms with Crippen molar-refractivity contribution in [3.8, 4) is 0 Å². The third-order valence-corrected chi connectivity index (χ3v) is 5.09. The summed E-state index contributed by atoms with van der Waals surface area (Å²) in [5.74, 6) is -0.586. The van der Waals surface area contributed by atoms with E-state index in [4.69, 9.17) is 4.42 Å². The quantitative estimate of drug-likeness (QED) is 0.585. The van der Waals surface area contributed by atoms with Crippen LogP contribution in [0, 0.1) is 0 Å². The average Bonchev–Trinajstić information content (AvgIpc) is 2.78. The molecule has 2 heterocycles. The van der Waals surface area contributed by atoms with Crippen LogP contribution in [0.2, 0.25) is 0 Å². The maximum atomic E-state index is 12.4. The van der Waals surface area contributed by atoms with Gasteiger partial charge in [0.05, 0.1) is 36.6 Å². The van der Waals surface area contributed by atoms with Crippen LogP contribution in [0.25, 0.3) is 11.1 Å². The maximum absolute atomic E-state index is 12.4. The molecule has 20 heavy (non-hydrogen) atoms. The molecule has 1 aliphatic heterocycles. The van der Waals surface area contributed by atoms with E-state index < -0.39 is 15.8 Å². The van der Waals surface area contributed by atoms with Gasteiger partial charge in [-0.3, -0.25) is 4.98 Å². The van der Waals surface area contributed by atoms with E-state index in [1.54, 1.807) is 6.07 Å². The number of quaternary nitrogens is 1. The molecular weight excluding hydrogens is 306 g/mol. The normalized spacial score (nSPS) is 17.0. The number of nitrogens with two attached hydrogens (primary N) is 1. The lowest BCUT2D eigenvalue weighted by atomic mass is 10.3. The molecule has 0 saturated carbocycles. The van der Waals surface area contributed by atoms with Gasteiger partial charge in [-0.25, -0.2) is 13.2 Å². The second kappa shape index (κ2) is 5.57. The number of oxazole rings is 1. The van der Waals surface area contributed by atoms with Crippen molar-refractivity contribution in [1.29, 1.82) is 0 Å². The number of fused-ring (bicyclic) bond motifs is 1. The van der Waals surface area contributed by atoms with Crippen molar-refractivity contribution in [3.05, 3.63) is 28.7 Å². The predicted molar refractivity (Wildman–Crippen MR) is 67.3 cm³/mol. The summed E-state index contributed by atoms with van der Waals surface area (Å²) in [5, 5.41) is 2.08. The summed E-state index contributed by atoms with van der Waals surface area (Å²) >= 11 is 0. The number of hydrogen-bond acceptors (Lipinski definition) is 4. The Kier molecular flexibility index (Phi) is 4.19. The molecule has 3 N–H and O–H groups in total. The van der Waals surface area contributed by atoms with Gasteiger partial charge in [0.2, 0.25) is 10.0 Å². The van der Waals surface area contributed by atoms with Crippen molar-refractivity contribution in [3.63, 3.8) is 0 Å². The number of piperazine rings is 1. The molecular formula is C11H14ClN3O4S. The van der Waals surface area contributed by atoms with Gasteiger partial charge in [-0.15, -0.1) is 0 Å². The molecule has 110 valence electrons. The summed E-state index contributed by atoms with van der Waals surface area (Å²) in [7, 11) is -3.51. The van der Waals surface area contributed by atoms with E-state index in [2.05, 4.69) is 10.3 Å². The lowest BCUT2D eigenvalue weighted by molar-refractivity contribution is -0.661. The van der Waals surface area contributed by atoms with Crippen LogP contribution in [0.1, 0.15) is 0 Å². The van der Waals surface area contributed by atoms with E-state index >= 15 is 0 Å². The van der Waals surface area contributed by atoms with Crippen molar-refractivity contribution < 1.29 is 30.6 Å². The number of aromatic nitrogens is 1. The SMILES string of the molecule is O=c1[nH]c2ccc(S(=O)(=O)N3CC[NH2+]CC3)cc2o1.[Cl-]. The highest BCUT2D eigenvalue weighted by atomic mass is 35.5. The van der Waals surface area contributed by atoms with Crippen molar-refractivity contribution in [2.75, 3.05) is 26.2 Å². The smallest absolute Gasteiger partial charge is 0.417 e. The third kappa shape index (κ3) is 2.59. The summed E-state index contributed by atoms with van der Waals surface area (Å²) < 4.78 is 31.2. The number of halogens is 1. The summed E-state index contributed by atoms with van der Waals surface area (Å²) in [6.07, 6.45) is 0. The molecule has 1 aliphatic rings. The van der Waals surface area contributed by atoms with E-state index in [0.717, 1.165) is 13.1 Å². The van der Waals surface area contributed by atoms with E-state index in [9.17, 15) is 13.2 Å². The summed E-state index contributed by atoms with van der Waals surface area (Å²) in [4.78, 5) is 13.7. The van der Waals surface area contributed by atoms with Crippen LogP contribution in [0.3, 0.4) is 0 Å². The second-order valence-electron chi connectivity index (χ2n) is 4.44. The first-order chi connectivity index (χ1) is 9.07. The number of aromatic amines is 1. The molecule has 7 nitrogen and oxygen atoms in total. The van der Waals surface area contributed by atoms with Gasteiger partial charge in [-0.05, 0) is 12.1 Å². The lowest BCUT2D eigenvalue weighted by Crippen LogP contribution is -3.00. The first kappa shape index (κ1) is 15.0. The Morgan fingerprint density at radius 1 is 1.25 bits per heavy atom. The zero-order chi connectivity index (χ0) is 13.5. The van der Waals surface area contributed by atoms with E-state index in [0.29, 0.717) is 18.6 Å². The van der Waals surface area contributed by atoms with Crippen LogP contribution in [0.15, 0.2) is 32.3 Å². The van der Waals surface area contributed by atoms with Crippen LogP contribution in [0.5, 0.6) is 0 Å². The Balaban J connectivity index is 0.00000147. The fourth-order valence-electron chi connectivity index (χ4n) is 2.20. The Labute approximate surface area is 121 Å². The number of sulfonamides is 1. The van der Waals surface area contributed by atoms with Crippen molar-refractivity contribution in [2.24, 2.45) is 0 Å². The largest absolute Gasteiger partial charge is 1.00 e. The summed E-state index contributed by atoms with van der Waals surface area (Å²) in [6, 6.07) is 4.42. The Bertz CT molecular complexity index is 761. The zero-order valence-corrected chi connectivity index (χ0v) is 12.1. The molecule has 0 bridgehead atoms. The predicted octanol–water partition coefficient (Wildman–Crippen LogP) is -4.31. The molecule has 2 aromatic rings. The molecule has 0 unspecified atom stereocenters. The molecule has 1 aromatic heterocycles. The number of nitrogens with zero attached hydrogens (tertiary/aromatic N) is 1. The van der Waals surface area contributed by atoms with E-state index in [1.165, 1.54) is 16.4 Å². The number of benzene rings is 1. The van der Waals surface area contributed by atoms with Crippen molar-refractivity contribution in [2.45, 2.75) is 4.90 Å². The Morgan fingerprint density at radius 2 is 1.95 bits per heavy atom. The monoisotopic (exact) mass is 319 g/mol. The Morgan fingerprint density at radius 3 is 2.65 bits per heavy atom. The fraction of sp³-hybridized carbons (Fsp3) is 0.364. The van der Waals surface area contributed by atoms with Gasteiger partial charge in [0, 0.05) is 6.07 Å². The molecule has 0 atom stereocenters. The summed E-state index contributed by atoms with van der Waals surface area (Å²) in [5.41, 5.74) is 0.755. The van der Waals surface area contributed by atoms with E-state index in [-0.39, 0.29) is 22.9 Å². The molecule has 9 heteroatoms. The second-order valence-corrected chi connectivity index (χ2v) is 6.38. The molecule has 1 fully saturated rings. The molecule has 1 saturated heterocycles. The zero-order valence-electron chi connectivity index (χ0n) is 10.5. The fourth-order valence-corrected chi connectivity index (χ4v) is 3.69. The number of H-pyrrole nitrogens is 1. The first-order valence-electron chi connectivity index (χ1n) is 6.02. The topological polar surface area (TPSA) is 100.0 Å².